The first-order chi connectivity index (χ1) is 10.9. The fraction of sp³-hybridized carbons (Fsp3) is 0.350. The maximum atomic E-state index is 12.3. The van der Waals surface area contributed by atoms with E-state index in [4.69, 9.17) is 4.74 Å². The topological polar surface area (TPSA) is 38.3 Å². The van der Waals surface area contributed by atoms with Crippen LogP contribution in [0.4, 0.5) is 0 Å². The predicted octanol–water partition coefficient (Wildman–Crippen LogP) is 4.26. The summed E-state index contributed by atoms with van der Waals surface area (Å²) < 4.78 is 5.76. The average Bonchev–Trinajstić information content (AvgIpc) is 2.51. The van der Waals surface area contributed by atoms with Crippen molar-refractivity contribution in [1.82, 2.24) is 5.32 Å². The Kier molecular flexibility index (Phi) is 5.43. The Hall–Kier alpha value is -2.29. The molecule has 0 unspecified atom stereocenters. The number of aryl methyl sites for hydroxylation is 3. The second-order valence-electron chi connectivity index (χ2n) is 6.15. The molecule has 1 N–H and O–H groups in total. The summed E-state index contributed by atoms with van der Waals surface area (Å²) in [6.07, 6.45) is -0.537. The van der Waals surface area contributed by atoms with Crippen molar-refractivity contribution in [2.75, 3.05) is 0 Å². The summed E-state index contributed by atoms with van der Waals surface area (Å²) in [5, 5.41) is 3.00. The number of hydrogen-bond donors (Lipinski definition) is 1. The summed E-state index contributed by atoms with van der Waals surface area (Å²) in [5.74, 6) is 0.607. The molecule has 0 fully saturated rings. The van der Waals surface area contributed by atoms with E-state index in [-0.39, 0.29) is 11.9 Å². The number of amides is 1. The Labute approximate surface area is 138 Å². The monoisotopic (exact) mass is 311 g/mol. The third-order valence-corrected chi connectivity index (χ3v) is 4.10. The van der Waals surface area contributed by atoms with Gasteiger partial charge in [0.2, 0.25) is 0 Å². The second kappa shape index (κ2) is 7.32. The lowest BCUT2D eigenvalue weighted by Gasteiger charge is -2.19. The number of ether oxygens (including phenoxy) is 1. The van der Waals surface area contributed by atoms with Gasteiger partial charge in [-0.2, -0.15) is 0 Å². The summed E-state index contributed by atoms with van der Waals surface area (Å²) in [6, 6.07) is 14.0. The third-order valence-electron chi connectivity index (χ3n) is 4.10. The van der Waals surface area contributed by atoms with Gasteiger partial charge in [0.15, 0.2) is 6.10 Å². The van der Waals surface area contributed by atoms with Gasteiger partial charge >= 0.3 is 0 Å². The summed E-state index contributed by atoms with van der Waals surface area (Å²) >= 11 is 0. The van der Waals surface area contributed by atoms with E-state index < -0.39 is 6.10 Å². The molecule has 3 nitrogen and oxygen atoms in total. The maximum Gasteiger partial charge on any atom is 0.261 e. The van der Waals surface area contributed by atoms with Crippen LogP contribution in [0.2, 0.25) is 0 Å². The molecule has 23 heavy (non-hydrogen) atoms. The minimum atomic E-state index is -0.537. The average molecular weight is 311 g/mol. The summed E-state index contributed by atoms with van der Waals surface area (Å²) in [7, 11) is 0. The molecule has 2 aromatic carbocycles. The highest BCUT2D eigenvalue weighted by Crippen LogP contribution is 2.18. The SMILES string of the molecule is Cc1ccc([C@H](C)NC(=O)[C@@H](C)Oc2ccc(C)c(C)c2)cc1. The van der Waals surface area contributed by atoms with Crippen LogP contribution in [0.15, 0.2) is 42.5 Å². The van der Waals surface area contributed by atoms with Crippen LogP contribution < -0.4 is 10.1 Å². The number of carbonyl (C=O) groups is 1. The van der Waals surface area contributed by atoms with Gasteiger partial charge < -0.3 is 10.1 Å². The van der Waals surface area contributed by atoms with E-state index in [9.17, 15) is 4.79 Å². The second-order valence-corrected chi connectivity index (χ2v) is 6.15. The molecule has 0 radical (unpaired) electrons. The Bertz CT molecular complexity index is 677. The number of rotatable bonds is 5. The standard InChI is InChI=1S/C20H25NO2/c1-13-6-9-18(10-7-13)16(4)21-20(22)17(5)23-19-11-8-14(2)15(3)12-19/h6-12,16-17H,1-5H3,(H,21,22)/t16-,17+/m0/s1. The number of benzene rings is 2. The van der Waals surface area contributed by atoms with Gasteiger partial charge in [-0.25, -0.2) is 0 Å². The fourth-order valence-corrected chi connectivity index (χ4v) is 2.31. The molecule has 0 bridgehead atoms. The van der Waals surface area contributed by atoms with Gasteiger partial charge in [0, 0.05) is 0 Å². The molecule has 0 aliphatic heterocycles. The summed E-state index contributed by atoms with van der Waals surface area (Å²) in [4.78, 5) is 12.3. The van der Waals surface area contributed by atoms with E-state index >= 15 is 0 Å². The molecule has 122 valence electrons. The van der Waals surface area contributed by atoms with E-state index in [2.05, 4.69) is 12.2 Å². The Morgan fingerprint density at radius 2 is 1.61 bits per heavy atom. The quantitative estimate of drug-likeness (QED) is 0.896. The van der Waals surface area contributed by atoms with Gasteiger partial charge in [0.25, 0.3) is 5.91 Å². The predicted molar refractivity (Wildman–Crippen MR) is 93.7 cm³/mol. The highest BCUT2D eigenvalue weighted by atomic mass is 16.5. The Morgan fingerprint density at radius 3 is 2.22 bits per heavy atom. The van der Waals surface area contributed by atoms with E-state index in [0.29, 0.717) is 0 Å². The lowest BCUT2D eigenvalue weighted by atomic mass is 10.1. The van der Waals surface area contributed by atoms with Crippen molar-refractivity contribution in [2.24, 2.45) is 0 Å². The largest absolute Gasteiger partial charge is 0.481 e. The van der Waals surface area contributed by atoms with Crippen molar-refractivity contribution in [2.45, 2.75) is 46.8 Å². The normalized spacial score (nSPS) is 13.3. The molecule has 0 aromatic heterocycles. The number of nitrogens with one attached hydrogen (secondary N) is 1. The first kappa shape index (κ1) is 17.1. The van der Waals surface area contributed by atoms with E-state index in [1.807, 2.05) is 63.2 Å². The molecule has 0 heterocycles. The van der Waals surface area contributed by atoms with E-state index in [1.54, 1.807) is 6.92 Å². The first-order valence-electron chi connectivity index (χ1n) is 7.97. The minimum absolute atomic E-state index is 0.0473. The van der Waals surface area contributed by atoms with Crippen LogP contribution in [0.5, 0.6) is 5.75 Å². The zero-order valence-electron chi connectivity index (χ0n) is 14.5. The molecular weight excluding hydrogens is 286 g/mol. The van der Waals surface area contributed by atoms with Gasteiger partial charge in [0.1, 0.15) is 5.75 Å². The van der Waals surface area contributed by atoms with Crippen molar-refractivity contribution >= 4 is 5.91 Å². The third kappa shape index (κ3) is 4.59. The molecule has 2 rings (SSSR count). The van der Waals surface area contributed by atoms with Crippen molar-refractivity contribution < 1.29 is 9.53 Å². The van der Waals surface area contributed by atoms with Crippen LogP contribution in [-0.2, 0) is 4.79 Å². The van der Waals surface area contributed by atoms with Gasteiger partial charge in [-0.1, -0.05) is 35.9 Å². The molecule has 0 aliphatic carbocycles. The van der Waals surface area contributed by atoms with Gasteiger partial charge in [-0.3, -0.25) is 4.79 Å². The van der Waals surface area contributed by atoms with Crippen LogP contribution in [0, 0.1) is 20.8 Å². The molecule has 2 atom stereocenters. The van der Waals surface area contributed by atoms with Crippen LogP contribution in [0.1, 0.15) is 42.1 Å². The summed E-state index contributed by atoms with van der Waals surface area (Å²) in [5.41, 5.74) is 4.66. The van der Waals surface area contributed by atoms with Crippen LogP contribution in [-0.4, -0.2) is 12.0 Å². The number of carbonyl (C=O) groups excluding carboxylic acids is 1. The lowest BCUT2D eigenvalue weighted by molar-refractivity contribution is -0.127. The Balaban J connectivity index is 1.96. The molecule has 0 aliphatic rings. The van der Waals surface area contributed by atoms with E-state index in [1.165, 1.54) is 11.1 Å². The fourth-order valence-electron chi connectivity index (χ4n) is 2.31. The van der Waals surface area contributed by atoms with Gasteiger partial charge in [-0.15, -0.1) is 0 Å². The maximum absolute atomic E-state index is 12.3. The van der Waals surface area contributed by atoms with Crippen molar-refractivity contribution in [3.8, 4) is 5.75 Å². The highest BCUT2D eigenvalue weighted by molar-refractivity contribution is 5.81. The van der Waals surface area contributed by atoms with Crippen LogP contribution in [0.3, 0.4) is 0 Å². The molecule has 2 aromatic rings. The zero-order chi connectivity index (χ0) is 17.0. The molecule has 1 amide bonds. The number of hydrogen-bond acceptors (Lipinski definition) is 2. The zero-order valence-corrected chi connectivity index (χ0v) is 14.5. The molecule has 0 saturated heterocycles. The molecule has 3 heteroatoms. The smallest absolute Gasteiger partial charge is 0.261 e. The van der Waals surface area contributed by atoms with Crippen molar-refractivity contribution in [3.05, 3.63) is 64.7 Å². The van der Waals surface area contributed by atoms with Gasteiger partial charge in [0.05, 0.1) is 6.04 Å². The van der Waals surface area contributed by atoms with Crippen molar-refractivity contribution in [3.63, 3.8) is 0 Å². The van der Waals surface area contributed by atoms with Crippen LogP contribution >= 0.6 is 0 Å². The summed E-state index contributed by atoms with van der Waals surface area (Å²) in [6.45, 7) is 9.88. The van der Waals surface area contributed by atoms with E-state index in [0.717, 1.165) is 16.9 Å². The molecule has 0 saturated carbocycles. The van der Waals surface area contributed by atoms with Gasteiger partial charge in [-0.05, 0) is 63.4 Å². The Morgan fingerprint density at radius 1 is 0.957 bits per heavy atom. The first-order valence-corrected chi connectivity index (χ1v) is 7.97. The highest BCUT2D eigenvalue weighted by Gasteiger charge is 2.17. The van der Waals surface area contributed by atoms with Crippen molar-refractivity contribution in [1.29, 1.82) is 0 Å². The van der Waals surface area contributed by atoms with Crippen LogP contribution in [0.25, 0.3) is 0 Å². The molecular formula is C20H25NO2. The minimum Gasteiger partial charge on any atom is -0.481 e. The lowest BCUT2D eigenvalue weighted by Crippen LogP contribution is -2.37. The molecule has 0 spiro atoms.